The zero-order chi connectivity index (χ0) is 9.30. The van der Waals surface area contributed by atoms with Gasteiger partial charge in [-0.15, -0.1) is 0 Å². The average Bonchev–Trinajstić information content (AvgIpc) is 2.08. The first kappa shape index (κ1) is 9.88. The molecule has 0 amide bonds. The molecule has 0 spiro atoms. The molecule has 5 nitrogen and oxygen atoms in total. The SMILES string of the molecule is C[C@@H]1OC(CO)[C@@H](O)C(N)[C@@H]1O. The predicted octanol–water partition coefficient (Wildman–Crippen LogP) is -2.18. The lowest BCUT2D eigenvalue weighted by molar-refractivity contribution is -0.182. The molecule has 0 radical (unpaired) electrons. The van der Waals surface area contributed by atoms with Crippen LogP contribution in [-0.2, 0) is 4.74 Å². The van der Waals surface area contributed by atoms with E-state index in [2.05, 4.69) is 0 Å². The summed E-state index contributed by atoms with van der Waals surface area (Å²) in [5.41, 5.74) is 5.49. The molecule has 2 unspecified atom stereocenters. The van der Waals surface area contributed by atoms with Gasteiger partial charge in [0.2, 0.25) is 0 Å². The van der Waals surface area contributed by atoms with E-state index in [1.165, 1.54) is 0 Å². The quantitative estimate of drug-likeness (QED) is 0.365. The van der Waals surface area contributed by atoms with Gasteiger partial charge >= 0.3 is 0 Å². The molecule has 5 heteroatoms. The van der Waals surface area contributed by atoms with Crippen LogP contribution in [-0.4, -0.2) is 52.4 Å². The molecule has 0 aromatic rings. The molecule has 1 aliphatic heterocycles. The minimum absolute atomic E-state index is 0.286. The van der Waals surface area contributed by atoms with Gasteiger partial charge in [-0.3, -0.25) is 0 Å². The second kappa shape index (κ2) is 3.68. The molecule has 1 heterocycles. The van der Waals surface area contributed by atoms with Crippen molar-refractivity contribution in [2.24, 2.45) is 5.73 Å². The first-order chi connectivity index (χ1) is 5.57. The Hall–Kier alpha value is -0.200. The van der Waals surface area contributed by atoms with Crippen LogP contribution in [0.4, 0.5) is 0 Å². The minimum atomic E-state index is -0.999. The van der Waals surface area contributed by atoms with Gasteiger partial charge in [-0.1, -0.05) is 0 Å². The summed E-state index contributed by atoms with van der Waals surface area (Å²) in [5, 5.41) is 27.5. The first-order valence-corrected chi connectivity index (χ1v) is 3.96. The lowest BCUT2D eigenvalue weighted by Crippen LogP contribution is -2.61. The summed E-state index contributed by atoms with van der Waals surface area (Å²) >= 11 is 0. The monoisotopic (exact) mass is 177 g/mol. The molecule has 0 bridgehead atoms. The molecule has 0 saturated carbocycles. The Morgan fingerprint density at radius 2 is 1.92 bits per heavy atom. The highest BCUT2D eigenvalue weighted by molar-refractivity contribution is 4.92. The van der Waals surface area contributed by atoms with Crippen LogP contribution in [0.3, 0.4) is 0 Å². The van der Waals surface area contributed by atoms with E-state index in [-0.39, 0.29) is 6.61 Å². The van der Waals surface area contributed by atoms with Gasteiger partial charge < -0.3 is 25.8 Å². The Morgan fingerprint density at radius 3 is 2.42 bits per heavy atom. The molecule has 0 aromatic heterocycles. The Labute approximate surface area is 70.8 Å². The lowest BCUT2D eigenvalue weighted by atomic mass is 9.94. The molecule has 0 aliphatic carbocycles. The number of rotatable bonds is 1. The van der Waals surface area contributed by atoms with Crippen molar-refractivity contribution >= 4 is 0 Å². The van der Waals surface area contributed by atoms with E-state index < -0.39 is 30.5 Å². The van der Waals surface area contributed by atoms with Crippen LogP contribution in [0.5, 0.6) is 0 Å². The highest BCUT2D eigenvalue weighted by Gasteiger charge is 2.39. The number of hydrogen-bond donors (Lipinski definition) is 4. The Kier molecular flexibility index (Phi) is 3.03. The summed E-state index contributed by atoms with van der Waals surface area (Å²) in [7, 11) is 0. The van der Waals surface area contributed by atoms with Gasteiger partial charge in [0.15, 0.2) is 0 Å². The number of aliphatic hydroxyl groups is 3. The van der Waals surface area contributed by atoms with E-state index in [1.54, 1.807) is 6.92 Å². The Bertz CT molecular complexity index is 150. The number of ether oxygens (including phenoxy) is 1. The van der Waals surface area contributed by atoms with Gasteiger partial charge in [0, 0.05) is 0 Å². The third-order valence-electron chi connectivity index (χ3n) is 2.22. The fraction of sp³-hybridized carbons (Fsp3) is 1.00. The van der Waals surface area contributed by atoms with Crippen LogP contribution in [0.1, 0.15) is 6.92 Å². The first-order valence-electron chi connectivity index (χ1n) is 3.96. The van der Waals surface area contributed by atoms with Gasteiger partial charge in [-0.05, 0) is 6.92 Å². The lowest BCUT2D eigenvalue weighted by Gasteiger charge is -2.39. The van der Waals surface area contributed by atoms with Crippen LogP contribution in [0.2, 0.25) is 0 Å². The predicted molar refractivity (Wildman–Crippen MR) is 41.4 cm³/mol. The van der Waals surface area contributed by atoms with Crippen molar-refractivity contribution < 1.29 is 20.1 Å². The van der Waals surface area contributed by atoms with E-state index >= 15 is 0 Å². The molecule has 12 heavy (non-hydrogen) atoms. The maximum absolute atomic E-state index is 9.36. The Balaban J connectivity index is 2.63. The summed E-state index contributed by atoms with van der Waals surface area (Å²) < 4.78 is 5.10. The molecule has 1 aliphatic rings. The van der Waals surface area contributed by atoms with E-state index in [9.17, 15) is 10.2 Å². The van der Waals surface area contributed by atoms with Crippen molar-refractivity contribution in [3.8, 4) is 0 Å². The average molecular weight is 177 g/mol. The van der Waals surface area contributed by atoms with Crippen LogP contribution >= 0.6 is 0 Å². The van der Waals surface area contributed by atoms with Crippen molar-refractivity contribution in [2.75, 3.05) is 6.61 Å². The highest BCUT2D eigenvalue weighted by Crippen LogP contribution is 2.18. The second-order valence-corrected chi connectivity index (χ2v) is 3.12. The highest BCUT2D eigenvalue weighted by atomic mass is 16.5. The summed E-state index contributed by atoms with van der Waals surface area (Å²) in [6.45, 7) is 1.37. The third kappa shape index (κ3) is 1.60. The van der Waals surface area contributed by atoms with Crippen molar-refractivity contribution in [3.63, 3.8) is 0 Å². The minimum Gasteiger partial charge on any atom is -0.394 e. The third-order valence-corrected chi connectivity index (χ3v) is 2.22. The normalized spacial score (nSPS) is 49.2. The molecule has 1 fully saturated rings. The molecule has 1 rings (SSSR count). The molecule has 5 N–H and O–H groups in total. The fourth-order valence-electron chi connectivity index (χ4n) is 1.35. The van der Waals surface area contributed by atoms with Crippen molar-refractivity contribution in [3.05, 3.63) is 0 Å². The largest absolute Gasteiger partial charge is 0.394 e. The number of hydrogen-bond acceptors (Lipinski definition) is 5. The van der Waals surface area contributed by atoms with Gasteiger partial charge in [-0.2, -0.15) is 0 Å². The number of nitrogens with two attached hydrogens (primary N) is 1. The topological polar surface area (TPSA) is 95.9 Å². The molecule has 0 aromatic carbocycles. The summed E-state index contributed by atoms with van der Waals surface area (Å²) in [6, 6.07) is -0.745. The summed E-state index contributed by atoms with van der Waals surface area (Å²) in [4.78, 5) is 0. The maximum Gasteiger partial charge on any atom is 0.108 e. The van der Waals surface area contributed by atoms with Crippen molar-refractivity contribution in [1.82, 2.24) is 0 Å². The van der Waals surface area contributed by atoms with Gasteiger partial charge in [0.25, 0.3) is 0 Å². The van der Waals surface area contributed by atoms with Gasteiger partial charge in [0.05, 0.1) is 24.9 Å². The van der Waals surface area contributed by atoms with Crippen molar-refractivity contribution in [1.29, 1.82) is 0 Å². The van der Waals surface area contributed by atoms with Gasteiger partial charge in [0.1, 0.15) is 12.2 Å². The molecule has 1 saturated heterocycles. The van der Waals surface area contributed by atoms with E-state index in [1.807, 2.05) is 0 Å². The van der Waals surface area contributed by atoms with Crippen LogP contribution in [0.15, 0.2) is 0 Å². The van der Waals surface area contributed by atoms with Crippen LogP contribution < -0.4 is 5.73 Å². The van der Waals surface area contributed by atoms with E-state index in [0.29, 0.717) is 0 Å². The molecular formula is C7H15NO4. The summed E-state index contributed by atoms with van der Waals surface area (Å²) in [5.74, 6) is 0. The summed E-state index contributed by atoms with van der Waals surface area (Å²) in [6.07, 6.45) is -3.00. The molecule has 72 valence electrons. The number of aliphatic hydroxyl groups excluding tert-OH is 3. The fourth-order valence-corrected chi connectivity index (χ4v) is 1.35. The molecular weight excluding hydrogens is 162 g/mol. The smallest absolute Gasteiger partial charge is 0.108 e. The van der Waals surface area contributed by atoms with Gasteiger partial charge in [-0.25, -0.2) is 0 Å². The van der Waals surface area contributed by atoms with Crippen LogP contribution in [0.25, 0.3) is 0 Å². The van der Waals surface area contributed by atoms with Crippen molar-refractivity contribution in [2.45, 2.75) is 37.4 Å². The van der Waals surface area contributed by atoms with Crippen LogP contribution in [0, 0.1) is 0 Å². The van der Waals surface area contributed by atoms with E-state index in [4.69, 9.17) is 15.6 Å². The van der Waals surface area contributed by atoms with E-state index in [0.717, 1.165) is 0 Å². The zero-order valence-electron chi connectivity index (χ0n) is 6.92. The second-order valence-electron chi connectivity index (χ2n) is 3.12. The Morgan fingerprint density at radius 1 is 1.33 bits per heavy atom. The standard InChI is InChI=1S/C7H15NO4/c1-3-6(10)5(8)7(11)4(2-9)12-3/h3-7,9-11H,2,8H2,1H3/t3-,4?,5?,6+,7+/m0/s1. The molecule has 5 atom stereocenters. The zero-order valence-corrected chi connectivity index (χ0v) is 6.92. The maximum atomic E-state index is 9.36.